The van der Waals surface area contributed by atoms with Crippen molar-refractivity contribution in [1.82, 2.24) is 0 Å². The minimum Gasteiger partial charge on any atom is -0.497 e. The molecular weight excluding hydrogens is 410 g/mol. The van der Waals surface area contributed by atoms with Crippen molar-refractivity contribution in [2.24, 2.45) is 0 Å². The van der Waals surface area contributed by atoms with Crippen LogP contribution in [0, 0.1) is 20.2 Å². The Morgan fingerprint density at radius 3 is 2.00 bits per heavy atom. The fourth-order valence-electron chi connectivity index (χ4n) is 3.91. The Kier molecular flexibility index (Phi) is 7.38. The zero-order chi connectivity index (χ0) is 23.1. The van der Waals surface area contributed by atoms with Crippen molar-refractivity contribution in [2.75, 3.05) is 12.4 Å². The second-order valence-electron chi connectivity index (χ2n) is 7.40. The molecule has 0 amide bonds. The van der Waals surface area contributed by atoms with Crippen LogP contribution >= 0.6 is 0 Å². The number of ether oxygens (including phenoxy) is 1. The van der Waals surface area contributed by atoms with E-state index < -0.39 is 22.9 Å². The van der Waals surface area contributed by atoms with Crippen LogP contribution in [0.25, 0.3) is 0 Å². The smallest absolute Gasteiger partial charge is 0.269 e. The molecule has 0 fully saturated rings. The largest absolute Gasteiger partial charge is 0.497 e. The first-order valence-corrected chi connectivity index (χ1v) is 10.3. The van der Waals surface area contributed by atoms with Crippen LogP contribution in [-0.2, 0) is 0 Å². The molecule has 0 bridgehead atoms. The zero-order valence-corrected chi connectivity index (χ0v) is 17.9. The lowest BCUT2D eigenvalue weighted by Gasteiger charge is -2.29. The second-order valence-corrected chi connectivity index (χ2v) is 7.40. The summed E-state index contributed by atoms with van der Waals surface area (Å²) in [6.07, 6.45) is 0.497. The Bertz CT molecular complexity index is 1040. The van der Waals surface area contributed by atoms with Crippen LogP contribution in [0.2, 0.25) is 0 Å². The number of hydrogen-bond donors (Lipinski definition) is 1. The first-order valence-electron chi connectivity index (χ1n) is 10.3. The SMILES string of the molecule is CC[C@H](c1ccc([N+](=O)[O-])cc1)[C@@H]([C@@H](Nc1ccc(OC)cc1)c1ccccc1)[N+](=O)[O-]. The van der Waals surface area contributed by atoms with Crippen molar-refractivity contribution in [2.45, 2.75) is 31.3 Å². The third-order valence-electron chi connectivity index (χ3n) is 5.54. The molecule has 0 aliphatic heterocycles. The summed E-state index contributed by atoms with van der Waals surface area (Å²) in [7, 11) is 1.58. The molecular formula is C24H25N3O5. The molecule has 0 heterocycles. The molecule has 0 saturated carbocycles. The first-order chi connectivity index (χ1) is 15.4. The molecule has 0 unspecified atom stereocenters. The van der Waals surface area contributed by atoms with Gasteiger partial charge in [-0.2, -0.15) is 0 Å². The van der Waals surface area contributed by atoms with Crippen molar-refractivity contribution in [1.29, 1.82) is 0 Å². The number of anilines is 1. The number of rotatable bonds is 10. The van der Waals surface area contributed by atoms with Crippen molar-refractivity contribution in [3.05, 3.63) is 110 Å². The summed E-state index contributed by atoms with van der Waals surface area (Å²) in [5, 5.41) is 26.7. The molecule has 3 rings (SSSR count). The fourth-order valence-corrected chi connectivity index (χ4v) is 3.91. The molecule has 3 aromatic rings. The molecule has 0 aliphatic carbocycles. The second kappa shape index (κ2) is 10.4. The number of methoxy groups -OCH3 is 1. The van der Waals surface area contributed by atoms with Gasteiger partial charge in [-0.05, 0) is 41.8 Å². The van der Waals surface area contributed by atoms with Gasteiger partial charge in [-0.15, -0.1) is 0 Å². The molecule has 0 radical (unpaired) electrons. The number of nitro groups is 2. The third-order valence-corrected chi connectivity index (χ3v) is 5.54. The van der Waals surface area contributed by atoms with E-state index in [2.05, 4.69) is 5.32 Å². The van der Waals surface area contributed by atoms with E-state index in [0.717, 1.165) is 11.3 Å². The molecule has 0 aromatic heterocycles. The van der Waals surface area contributed by atoms with Gasteiger partial charge in [0.05, 0.1) is 18.0 Å². The molecule has 0 saturated heterocycles. The maximum absolute atomic E-state index is 12.4. The number of nitrogens with one attached hydrogen (secondary N) is 1. The molecule has 3 aromatic carbocycles. The predicted octanol–water partition coefficient (Wildman–Crippen LogP) is 5.60. The van der Waals surface area contributed by atoms with Crippen molar-refractivity contribution < 1.29 is 14.6 Å². The Morgan fingerprint density at radius 2 is 1.50 bits per heavy atom. The van der Waals surface area contributed by atoms with Gasteiger partial charge in [-0.25, -0.2) is 0 Å². The van der Waals surface area contributed by atoms with Crippen LogP contribution in [0.1, 0.15) is 36.4 Å². The van der Waals surface area contributed by atoms with Gasteiger partial charge in [0.2, 0.25) is 6.04 Å². The van der Waals surface area contributed by atoms with Gasteiger partial charge in [0.15, 0.2) is 0 Å². The lowest BCUT2D eigenvalue weighted by molar-refractivity contribution is -0.530. The van der Waals surface area contributed by atoms with E-state index in [-0.39, 0.29) is 10.6 Å². The van der Waals surface area contributed by atoms with E-state index in [4.69, 9.17) is 4.74 Å². The van der Waals surface area contributed by atoms with E-state index >= 15 is 0 Å². The van der Waals surface area contributed by atoms with Crippen molar-refractivity contribution >= 4 is 11.4 Å². The molecule has 0 spiro atoms. The molecule has 166 valence electrons. The Morgan fingerprint density at radius 1 is 0.875 bits per heavy atom. The average molecular weight is 435 g/mol. The molecule has 32 heavy (non-hydrogen) atoms. The van der Waals surface area contributed by atoms with Gasteiger partial charge in [-0.3, -0.25) is 20.2 Å². The highest BCUT2D eigenvalue weighted by Crippen LogP contribution is 2.36. The highest BCUT2D eigenvalue weighted by atomic mass is 16.6. The summed E-state index contributed by atoms with van der Waals surface area (Å²) in [5.41, 5.74) is 2.16. The highest BCUT2D eigenvalue weighted by molar-refractivity contribution is 5.49. The maximum atomic E-state index is 12.4. The minimum absolute atomic E-state index is 0.0442. The Balaban J connectivity index is 2.02. The van der Waals surface area contributed by atoms with E-state index in [1.807, 2.05) is 49.4 Å². The standard InChI is InChI=1S/C24H25N3O5/c1-3-22(17-9-13-20(14-10-17)26(28)29)24(27(30)31)23(18-7-5-4-6-8-18)25-19-11-15-21(32-2)16-12-19/h4-16,22-25H,3H2,1-2H3/t22-,23+,24+/m1/s1. The monoisotopic (exact) mass is 435 g/mol. The number of benzene rings is 3. The fraction of sp³-hybridized carbons (Fsp3) is 0.250. The summed E-state index contributed by atoms with van der Waals surface area (Å²) in [5.74, 6) is 0.233. The zero-order valence-electron chi connectivity index (χ0n) is 17.9. The van der Waals surface area contributed by atoms with Crippen LogP contribution in [0.15, 0.2) is 78.9 Å². The lowest BCUT2D eigenvalue weighted by Crippen LogP contribution is -2.37. The first kappa shape index (κ1) is 22.7. The normalized spacial score (nSPS) is 13.6. The van der Waals surface area contributed by atoms with Gasteiger partial charge in [-0.1, -0.05) is 49.4 Å². The Labute approximate surface area is 186 Å². The predicted molar refractivity (Wildman–Crippen MR) is 123 cm³/mol. The molecule has 8 nitrogen and oxygen atoms in total. The summed E-state index contributed by atoms with van der Waals surface area (Å²) >= 11 is 0. The quantitative estimate of drug-likeness (QED) is 0.328. The van der Waals surface area contributed by atoms with E-state index in [1.165, 1.54) is 12.1 Å². The molecule has 1 N–H and O–H groups in total. The van der Waals surface area contributed by atoms with Crippen LogP contribution in [-0.4, -0.2) is 23.0 Å². The summed E-state index contributed by atoms with van der Waals surface area (Å²) < 4.78 is 5.20. The minimum atomic E-state index is -1.01. The molecule has 8 heteroatoms. The van der Waals surface area contributed by atoms with Gasteiger partial charge >= 0.3 is 0 Å². The number of hydrogen-bond acceptors (Lipinski definition) is 6. The number of non-ortho nitro benzene ring substituents is 1. The Hall–Kier alpha value is -3.94. The number of nitrogens with zero attached hydrogens (tertiary/aromatic N) is 2. The van der Waals surface area contributed by atoms with Crippen LogP contribution in [0.3, 0.4) is 0 Å². The van der Waals surface area contributed by atoms with Crippen molar-refractivity contribution in [3.8, 4) is 5.75 Å². The summed E-state index contributed by atoms with van der Waals surface area (Å²) in [6, 6.07) is 20.9. The topological polar surface area (TPSA) is 108 Å². The van der Waals surface area contributed by atoms with Gasteiger partial charge in [0.1, 0.15) is 11.8 Å². The van der Waals surface area contributed by atoms with E-state index in [1.54, 1.807) is 31.4 Å². The third kappa shape index (κ3) is 5.21. The highest BCUT2D eigenvalue weighted by Gasteiger charge is 2.40. The van der Waals surface area contributed by atoms with Crippen LogP contribution < -0.4 is 10.1 Å². The van der Waals surface area contributed by atoms with Crippen LogP contribution in [0.4, 0.5) is 11.4 Å². The maximum Gasteiger partial charge on any atom is 0.269 e. The summed E-state index contributed by atoms with van der Waals surface area (Å²) in [6.45, 7) is 1.89. The number of nitro benzene ring substituents is 1. The van der Waals surface area contributed by atoms with E-state index in [0.29, 0.717) is 17.7 Å². The van der Waals surface area contributed by atoms with Crippen LogP contribution in [0.5, 0.6) is 5.75 Å². The van der Waals surface area contributed by atoms with Gasteiger partial charge in [0, 0.05) is 22.7 Å². The van der Waals surface area contributed by atoms with Crippen molar-refractivity contribution in [3.63, 3.8) is 0 Å². The molecule has 3 atom stereocenters. The molecule has 0 aliphatic rings. The van der Waals surface area contributed by atoms with Gasteiger partial charge < -0.3 is 10.1 Å². The summed E-state index contributed by atoms with van der Waals surface area (Å²) in [4.78, 5) is 22.7. The van der Waals surface area contributed by atoms with E-state index in [9.17, 15) is 20.2 Å². The lowest BCUT2D eigenvalue weighted by atomic mass is 9.82. The van der Waals surface area contributed by atoms with Gasteiger partial charge in [0.25, 0.3) is 5.69 Å². The average Bonchev–Trinajstić information content (AvgIpc) is 2.82.